The number of hydrogen-bond donors (Lipinski definition) is 0. The number of nitrogens with zero attached hydrogens (tertiary/aromatic N) is 3. The Bertz CT molecular complexity index is 1170. The lowest BCUT2D eigenvalue weighted by atomic mass is 10.2. The summed E-state index contributed by atoms with van der Waals surface area (Å²) in [6, 6.07) is 12.5. The molecule has 0 fully saturated rings. The van der Waals surface area contributed by atoms with Crippen LogP contribution in [0, 0.1) is 6.92 Å². The first-order valence-electron chi connectivity index (χ1n) is 10.5. The molecule has 1 heterocycles. The van der Waals surface area contributed by atoms with E-state index in [9.17, 15) is 13.2 Å². The van der Waals surface area contributed by atoms with E-state index in [1.54, 1.807) is 30.0 Å². The van der Waals surface area contributed by atoms with Crippen molar-refractivity contribution in [2.75, 3.05) is 36.8 Å². The first kappa shape index (κ1) is 23.4. The Balaban J connectivity index is 2.07. The fourth-order valence-corrected chi connectivity index (χ4v) is 5.59. The molecule has 1 amide bonds. The summed E-state index contributed by atoms with van der Waals surface area (Å²) in [6.07, 6.45) is 0. The minimum atomic E-state index is -3.54. The Kier molecular flexibility index (Phi) is 7.46. The number of rotatable bonds is 9. The van der Waals surface area contributed by atoms with Crippen LogP contribution in [0.4, 0.5) is 5.13 Å². The summed E-state index contributed by atoms with van der Waals surface area (Å²) in [5.74, 6) is -0.396. The topological polar surface area (TPSA) is 70.6 Å². The van der Waals surface area contributed by atoms with Crippen LogP contribution in [0.15, 0.2) is 47.4 Å². The number of benzene rings is 2. The van der Waals surface area contributed by atoms with Crippen molar-refractivity contribution in [3.63, 3.8) is 0 Å². The number of fused-ring (bicyclic) bond motifs is 1. The van der Waals surface area contributed by atoms with Crippen LogP contribution in [-0.4, -0.2) is 56.1 Å². The van der Waals surface area contributed by atoms with Gasteiger partial charge in [0, 0.05) is 13.1 Å². The van der Waals surface area contributed by atoms with Gasteiger partial charge in [0.1, 0.15) is 0 Å². The summed E-state index contributed by atoms with van der Waals surface area (Å²) in [5.41, 5.74) is 2.16. The van der Waals surface area contributed by atoms with Crippen LogP contribution in [-0.2, 0) is 9.84 Å². The molecule has 0 aliphatic carbocycles. The lowest BCUT2D eigenvalue weighted by molar-refractivity contribution is 0.0980. The summed E-state index contributed by atoms with van der Waals surface area (Å²) < 4.78 is 26.3. The van der Waals surface area contributed by atoms with Crippen LogP contribution < -0.4 is 4.90 Å². The summed E-state index contributed by atoms with van der Waals surface area (Å²) in [5, 5.41) is 0.585. The van der Waals surface area contributed by atoms with Crippen LogP contribution in [0.1, 0.15) is 36.7 Å². The van der Waals surface area contributed by atoms with Gasteiger partial charge in [0.15, 0.2) is 15.0 Å². The molecule has 0 N–H and O–H groups in total. The number of amides is 1. The molecule has 0 aliphatic heterocycles. The molecule has 0 spiro atoms. The van der Waals surface area contributed by atoms with Crippen molar-refractivity contribution in [2.24, 2.45) is 0 Å². The van der Waals surface area contributed by atoms with Gasteiger partial charge in [-0.2, -0.15) is 0 Å². The van der Waals surface area contributed by atoms with Crippen LogP contribution in [0.2, 0.25) is 0 Å². The zero-order valence-corrected chi connectivity index (χ0v) is 20.1. The largest absolute Gasteiger partial charge is 0.302 e. The Labute approximate surface area is 188 Å². The molecule has 0 aliphatic rings. The maximum absolute atomic E-state index is 13.7. The normalized spacial score (nSPS) is 11.9. The lowest BCUT2D eigenvalue weighted by Crippen LogP contribution is -2.39. The Morgan fingerprint density at radius 3 is 2.42 bits per heavy atom. The predicted molar refractivity (Wildman–Crippen MR) is 128 cm³/mol. The van der Waals surface area contributed by atoms with Crippen molar-refractivity contribution in [3.8, 4) is 0 Å². The third-order valence-corrected chi connectivity index (χ3v) is 8.20. The Morgan fingerprint density at radius 1 is 1.03 bits per heavy atom. The van der Waals surface area contributed by atoms with Crippen molar-refractivity contribution in [2.45, 2.75) is 32.6 Å². The van der Waals surface area contributed by atoms with E-state index >= 15 is 0 Å². The number of sulfone groups is 1. The number of thiazole rings is 1. The van der Waals surface area contributed by atoms with Gasteiger partial charge >= 0.3 is 0 Å². The van der Waals surface area contributed by atoms with E-state index in [2.05, 4.69) is 24.8 Å². The van der Waals surface area contributed by atoms with Gasteiger partial charge < -0.3 is 4.90 Å². The molecule has 6 nitrogen and oxygen atoms in total. The average molecular weight is 460 g/mol. The van der Waals surface area contributed by atoms with E-state index in [0.717, 1.165) is 28.9 Å². The monoisotopic (exact) mass is 459 g/mol. The third-order valence-electron chi connectivity index (χ3n) is 5.38. The van der Waals surface area contributed by atoms with E-state index in [-0.39, 0.29) is 22.1 Å². The van der Waals surface area contributed by atoms with Gasteiger partial charge in [0.2, 0.25) is 0 Å². The van der Waals surface area contributed by atoms with Crippen LogP contribution in [0.5, 0.6) is 0 Å². The van der Waals surface area contributed by atoms with E-state index in [1.165, 1.54) is 17.4 Å². The SMILES string of the molecule is CCN(CC)CCN(C(=O)c1ccccc1S(=O)(=O)CC)c1nc2ccc(C)cc2s1. The van der Waals surface area contributed by atoms with E-state index in [1.807, 2.05) is 19.1 Å². The standard InChI is InChI=1S/C23H29N3O3S2/c1-5-25(6-2)14-15-26(23-24-19-13-12-17(4)16-20(19)30-23)22(27)18-10-8-9-11-21(18)31(28,29)7-3/h8-13,16H,5-7,14-15H2,1-4H3. The van der Waals surface area contributed by atoms with Gasteiger partial charge in [-0.25, -0.2) is 13.4 Å². The first-order valence-corrected chi connectivity index (χ1v) is 13.0. The smallest absolute Gasteiger partial charge is 0.261 e. The molecule has 31 heavy (non-hydrogen) atoms. The summed E-state index contributed by atoms with van der Waals surface area (Å²) in [4.78, 5) is 22.3. The Hall–Kier alpha value is -2.29. The number of carbonyl (C=O) groups excluding carboxylic acids is 1. The number of anilines is 1. The van der Waals surface area contributed by atoms with Crippen molar-refractivity contribution in [3.05, 3.63) is 53.6 Å². The second kappa shape index (κ2) is 9.89. The number of carbonyl (C=O) groups is 1. The molecular formula is C23H29N3O3S2. The Morgan fingerprint density at radius 2 is 1.74 bits per heavy atom. The van der Waals surface area contributed by atoms with E-state index < -0.39 is 9.84 Å². The minimum Gasteiger partial charge on any atom is -0.302 e. The van der Waals surface area contributed by atoms with Crippen molar-refractivity contribution in [1.29, 1.82) is 0 Å². The van der Waals surface area contributed by atoms with Gasteiger partial charge in [-0.3, -0.25) is 9.69 Å². The van der Waals surface area contributed by atoms with Crippen LogP contribution in [0.3, 0.4) is 0 Å². The highest BCUT2D eigenvalue weighted by Gasteiger charge is 2.27. The summed E-state index contributed by atoms with van der Waals surface area (Å²) in [6.45, 7) is 10.6. The molecule has 0 saturated heterocycles. The second-order valence-electron chi connectivity index (χ2n) is 7.35. The van der Waals surface area contributed by atoms with Crippen LogP contribution in [0.25, 0.3) is 10.2 Å². The molecule has 0 saturated carbocycles. The molecular weight excluding hydrogens is 430 g/mol. The number of aryl methyl sites for hydroxylation is 1. The molecule has 2 aromatic carbocycles. The number of aromatic nitrogens is 1. The zero-order chi connectivity index (χ0) is 22.6. The second-order valence-corrected chi connectivity index (χ2v) is 10.6. The van der Waals surface area contributed by atoms with Gasteiger partial charge in [-0.15, -0.1) is 0 Å². The molecule has 166 valence electrons. The first-order chi connectivity index (χ1) is 14.8. The van der Waals surface area contributed by atoms with Gasteiger partial charge in [-0.05, 0) is 49.8 Å². The highest BCUT2D eigenvalue weighted by atomic mass is 32.2. The summed E-state index contributed by atoms with van der Waals surface area (Å²) in [7, 11) is -3.54. The third kappa shape index (κ3) is 5.14. The maximum Gasteiger partial charge on any atom is 0.261 e. The molecule has 0 bridgehead atoms. The molecule has 0 unspecified atom stereocenters. The van der Waals surface area contributed by atoms with Gasteiger partial charge in [-0.1, -0.05) is 50.3 Å². The van der Waals surface area contributed by atoms with Crippen molar-refractivity contribution < 1.29 is 13.2 Å². The van der Waals surface area contributed by atoms with E-state index in [0.29, 0.717) is 18.2 Å². The molecule has 8 heteroatoms. The molecule has 3 rings (SSSR count). The fourth-order valence-electron chi connectivity index (χ4n) is 3.42. The molecule has 1 aromatic heterocycles. The number of likely N-dealkylation sites (N-methyl/N-ethyl adjacent to an activating group) is 1. The quantitative estimate of drug-likeness (QED) is 0.475. The van der Waals surface area contributed by atoms with Gasteiger partial charge in [0.25, 0.3) is 5.91 Å². The lowest BCUT2D eigenvalue weighted by Gasteiger charge is -2.25. The van der Waals surface area contributed by atoms with Gasteiger partial charge in [0.05, 0.1) is 26.4 Å². The van der Waals surface area contributed by atoms with E-state index in [4.69, 9.17) is 4.98 Å². The molecule has 0 radical (unpaired) electrons. The minimum absolute atomic E-state index is 0.0584. The fraction of sp³-hybridized carbons (Fsp3) is 0.391. The maximum atomic E-state index is 13.7. The summed E-state index contributed by atoms with van der Waals surface area (Å²) >= 11 is 1.45. The average Bonchev–Trinajstić information content (AvgIpc) is 3.19. The van der Waals surface area contributed by atoms with Crippen LogP contribution >= 0.6 is 11.3 Å². The number of hydrogen-bond acceptors (Lipinski definition) is 6. The highest BCUT2D eigenvalue weighted by molar-refractivity contribution is 7.91. The zero-order valence-electron chi connectivity index (χ0n) is 18.5. The molecule has 3 aromatic rings. The van der Waals surface area contributed by atoms with Crippen molar-refractivity contribution >= 4 is 42.4 Å². The van der Waals surface area contributed by atoms with Crippen molar-refractivity contribution in [1.82, 2.24) is 9.88 Å². The predicted octanol–water partition coefficient (Wildman–Crippen LogP) is 4.39. The molecule has 0 atom stereocenters. The highest BCUT2D eigenvalue weighted by Crippen LogP contribution is 2.31.